The highest BCUT2D eigenvalue weighted by Crippen LogP contribution is 2.29. The number of aromatic nitrogens is 1. The molecule has 0 radical (unpaired) electrons. The van der Waals surface area contributed by atoms with E-state index in [1.54, 1.807) is 0 Å². The zero-order valence-corrected chi connectivity index (χ0v) is 23.4. The fraction of sp³-hybridized carbons (Fsp3) is 0.625. The Kier molecular flexibility index (Phi) is 13.2. The summed E-state index contributed by atoms with van der Waals surface area (Å²) < 4.78 is 1.13. The molecule has 0 fully saturated rings. The van der Waals surface area contributed by atoms with E-state index in [-0.39, 0.29) is 0 Å². The van der Waals surface area contributed by atoms with Crippen LogP contribution < -0.4 is 0 Å². The van der Waals surface area contributed by atoms with Crippen LogP contribution in [0.3, 0.4) is 0 Å². The Morgan fingerprint density at radius 3 is 1.62 bits per heavy atom. The number of hydrogen-bond donors (Lipinski definition) is 1. The van der Waals surface area contributed by atoms with Gasteiger partial charge >= 0.3 is 0 Å². The molecular weight excluding hydrogens is 478 g/mol. The van der Waals surface area contributed by atoms with Crippen molar-refractivity contribution in [3.63, 3.8) is 0 Å². The maximum absolute atomic E-state index is 3.58. The molecule has 3 rings (SSSR count). The second kappa shape index (κ2) is 16.4. The molecule has 34 heavy (non-hydrogen) atoms. The van der Waals surface area contributed by atoms with E-state index in [1.165, 1.54) is 149 Å². The quantitative estimate of drug-likeness (QED) is 0.150. The first-order chi connectivity index (χ1) is 16.8. The standard InChI is InChI=1S/C32H48BrN/c1-2-3-4-5-6-7-8-9-10-11-12-13-14-15-16-17-18-19-20-27-21-24-31-30(25-27)29-23-22-28(33)26-32(29)34-31/h21-26,34H,2-20H2,1H3. The van der Waals surface area contributed by atoms with Gasteiger partial charge in [0.1, 0.15) is 0 Å². The highest BCUT2D eigenvalue weighted by atomic mass is 79.9. The summed E-state index contributed by atoms with van der Waals surface area (Å²) in [5, 5.41) is 2.69. The number of rotatable bonds is 19. The zero-order chi connectivity index (χ0) is 23.8. The van der Waals surface area contributed by atoms with Crippen molar-refractivity contribution in [2.24, 2.45) is 0 Å². The van der Waals surface area contributed by atoms with Gasteiger partial charge in [0, 0.05) is 26.3 Å². The fourth-order valence-electron chi connectivity index (χ4n) is 5.31. The van der Waals surface area contributed by atoms with E-state index >= 15 is 0 Å². The van der Waals surface area contributed by atoms with E-state index in [0.29, 0.717) is 0 Å². The highest BCUT2D eigenvalue weighted by molar-refractivity contribution is 9.10. The van der Waals surface area contributed by atoms with Crippen molar-refractivity contribution in [3.05, 3.63) is 46.4 Å². The molecule has 2 aromatic carbocycles. The molecule has 0 aliphatic heterocycles. The molecule has 0 aliphatic rings. The van der Waals surface area contributed by atoms with Crippen molar-refractivity contribution in [1.82, 2.24) is 4.98 Å². The molecule has 0 aliphatic carbocycles. The number of nitrogens with one attached hydrogen (secondary N) is 1. The van der Waals surface area contributed by atoms with Gasteiger partial charge in [-0.05, 0) is 42.7 Å². The molecule has 0 saturated heterocycles. The van der Waals surface area contributed by atoms with Gasteiger partial charge in [-0.2, -0.15) is 0 Å². The van der Waals surface area contributed by atoms with Gasteiger partial charge < -0.3 is 4.98 Å². The van der Waals surface area contributed by atoms with Crippen LogP contribution >= 0.6 is 15.9 Å². The van der Waals surface area contributed by atoms with Crippen molar-refractivity contribution in [1.29, 1.82) is 0 Å². The predicted molar refractivity (Wildman–Crippen MR) is 156 cm³/mol. The van der Waals surface area contributed by atoms with Gasteiger partial charge in [-0.1, -0.05) is 144 Å². The Bertz CT molecular complexity index is 941. The monoisotopic (exact) mass is 525 g/mol. The SMILES string of the molecule is CCCCCCCCCCCCCCCCCCCCc1ccc2[nH]c3cc(Br)ccc3c2c1. The Hall–Kier alpha value is -1.28. The first kappa shape index (κ1) is 27.3. The lowest BCUT2D eigenvalue weighted by molar-refractivity contribution is 0.525. The summed E-state index contributed by atoms with van der Waals surface area (Å²) in [7, 11) is 0. The smallest absolute Gasteiger partial charge is 0.0476 e. The van der Waals surface area contributed by atoms with Crippen LogP contribution in [0.25, 0.3) is 21.8 Å². The molecule has 0 unspecified atom stereocenters. The van der Waals surface area contributed by atoms with Gasteiger partial charge in [-0.3, -0.25) is 0 Å². The van der Waals surface area contributed by atoms with Gasteiger partial charge in [0.2, 0.25) is 0 Å². The van der Waals surface area contributed by atoms with E-state index in [9.17, 15) is 0 Å². The number of halogens is 1. The lowest BCUT2D eigenvalue weighted by atomic mass is 10.0. The van der Waals surface area contributed by atoms with Crippen molar-refractivity contribution >= 4 is 37.7 Å². The molecule has 1 nitrogen and oxygen atoms in total. The predicted octanol–water partition coefficient (Wildman–Crippen LogP) is 11.7. The largest absolute Gasteiger partial charge is 0.354 e. The number of fused-ring (bicyclic) bond motifs is 3. The van der Waals surface area contributed by atoms with Crippen LogP contribution in [-0.4, -0.2) is 4.98 Å². The molecular formula is C32H48BrN. The minimum Gasteiger partial charge on any atom is -0.354 e. The Labute approximate surface area is 217 Å². The van der Waals surface area contributed by atoms with Crippen LogP contribution in [0.5, 0.6) is 0 Å². The summed E-state index contributed by atoms with van der Waals surface area (Å²) in [6.45, 7) is 2.30. The summed E-state index contributed by atoms with van der Waals surface area (Å²) in [5.41, 5.74) is 3.94. The third-order valence-electron chi connectivity index (χ3n) is 7.44. The lowest BCUT2D eigenvalue weighted by Crippen LogP contribution is -1.87. The van der Waals surface area contributed by atoms with Crippen molar-refractivity contribution in [2.45, 2.75) is 129 Å². The van der Waals surface area contributed by atoms with E-state index in [0.717, 1.165) is 4.47 Å². The molecule has 0 atom stereocenters. The molecule has 0 saturated carbocycles. The van der Waals surface area contributed by atoms with Crippen molar-refractivity contribution < 1.29 is 0 Å². The number of H-pyrrole nitrogens is 1. The Morgan fingerprint density at radius 2 is 1.06 bits per heavy atom. The van der Waals surface area contributed by atoms with E-state index in [1.807, 2.05) is 0 Å². The van der Waals surface area contributed by atoms with Crippen LogP contribution in [-0.2, 0) is 6.42 Å². The van der Waals surface area contributed by atoms with E-state index in [2.05, 4.69) is 64.2 Å². The topological polar surface area (TPSA) is 15.8 Å². The Morgan fingerprint density at radius 1 is 0.529 bits per heavy atom. The number of aromatic amines is 1. The minimum absolute atomic E-state index is 1.13. The van der Waals surface area contributed by atoms with Gasteiger partial charge in [0.15, 0.2) is 0 Å². The zero-order valence-electron chi connectivity index (χ0n) is 21.8. The molecule has 0 spiro atoms. The third kappa shape index (κ3) is 9.76. The second-order valence-electron chi connectivity index (χ2n) is 10.5. The molecule has 1 heterocycles. The minimum atomic E-state index is 1.13. The summed E-state index contributed by atoms with van der Waals surface area (Å²) in [4.78, 5) is 3.54. The number of benzene rings is 2. The maximum atomic E-state index is 3.58. The van der Waals surface area contributed by atoms with Crippen LogP contribution in [0, 0.1) is 0 Å². The first-order valence-corrected chi connectivity index (χ1v) is 15.3. The summed E-state index contributed by atoms with van der Waals surface area (Å²) in [6, 6.07) is 13.5. The van der Waals surface area contributed by atoms with Crippen molar-refractivity contribution in [3.8, 4) is 0 Å². The van der Waals surface area contributed by atoms with Crippen molar-refractivity contribution in [2.75, 3.05) is 0 Å². The van der Waals surface area contributed by atoms with Gasteiger partial charge in [-0.25, -0.2) is 0 Å². The van der Waals surface area contributed by atoms with E-state index in [4.69, 9.17) is 0 Å². The average Bonchev–Trinajstić information content (AvgIpc) is 3.20. The first-order valence-electron chi connectivity index (χ1n) is 14.5. The van der Waals surface area contributed by atoms with Gasteiger partial charge in [-0.15, -0.1) is 0 Å². The fourth-order valence-corrected chi connectivity index (χ4v) is 5.67. The highest BCUT2D eigenvalue weighted by Gasteiger charge is 2.06. The van der Waals surface area contributed by atoms with Gasteiger partial charge in [0.25, 0.3) is 0 Å². The van der Waals surface area contributed by atoms with Crippen LogP contribution in [0.4, 0.5) is 0 Å². The molecule has 0 amide bonds. The number of hydrogen-bond acceptors (Lipinski definition) is 0. The summed E-state index contributed by atoms with van der Waals surface area (Å²) >= 11 is 3.58. The molecule has 188 valence electrons. The average molecular weight is 527 g/mol. The lowest BCUT2D eigenvalue weighted by Gasteiger charge is -2.04. The van der Waals surface area contributed by atoms with Crippen LogP contribution in [0.15, 0.2) is 40.9 Å². The molecule has 1 N–H and O–H groups in total. The second-order valence-corrected chi connectivity index (χ2v) is 11.4. The third-order valence-corrected chi connectivity index (χ3v) is 7.94. The number of aryl methyl sites for hydroxylation is 1. The summed E-state index contributed by atoms with van der Waals surface area (Å²) in [6.07, 6.45) is 27.1. The molecule has 1 aromatic heterocycles. The Balaban J connectivity index is 1.15. The molecule has 0 bridgehead atoms. The normalized spacial score (nSPS) is 11.7. The van der Waals surface area contributed by atoms with Crippen LogP contribution in [0.1, 0.15) is 128 Å². The summed E-state index contributed by atoms with van der Waals surface area (Å²) in [5.74, 6) is 0. The van der Waals surface area contributed by atoms with Crippen LogP contribution in [0.2, 0.25) is 0 Å². The molecule has 2 heteroatoms. The maximum Gasteiger partial charge on any atom is 0.0476 e. The number of unbranched alkanes of at least 4 members (excludes halogenated alkanes) is 17. The van der Waals surface area contributed by atoms with Gasteiger partial charge in [0.05, 0.1) is 0 Å². The molecule has 3 aromatic rings. The van der Waals surface area contributed by atoms with E-state index < -0.39 is 0 Å².